The van der Waals surface area contributed by atoms with E-state index in [9.17, 15) is 9.59 Å². The number of carboxylic acids is 1. The van der Waals surface area contributed by atoms with Crippen LogP contribution in [0.2, 0.25) is 0 Å². The zero-order chi connectivity index (χ0) is 15.4. The first kappa shape index (κ1) is 16.1. The third-order valence-electron chi connectivity index (χ3n) is 5.29. The van der Waals surface area contributed by atoms with Gasteiger partial charge in [-0.05, 0) is 38.0 Å². The first-order chi connectivity index (χ1) is 9.99. The van der Waals surface area contributed by atoms with Crippen LogP contribution in [0, 0.1) is 17.8 Å². The Morgan fingerprint density at radius 1 is 1.19 bits per heavy atom. The molecule has 21 heavy (non-hydrogen) atoms. The standard InChI is InChI=1S/C16H28N2O3/c1-11-5-3-4-6-14(11)10-17-16(21)18-8-7-13(15(19)20)9-12(18)2/h11-14H,3-10H2,1-2H3,(H,17,21)(H,19,20). The summed E-state index contributed by atoms with van der Waals surface area (Å²) in [4.78, 5) is 25.1. The van der Waals surface area contributed by atoms with E-state index in [1.54, 1.807) is 4.90 Å². The van der Waals surface area contributed by atoms with Gasteiger partial charge in [-0.15, -0.1) is 0 Å². The predicted molar refractivity (Wildman–Crippen MR) is 81.0 cm³/mol. The number of aliphatic carboxylic acids is 1. The molecule has 2 aliphatic rings. The van der Waals surface area contributed by atoms with Crippen LogP contribution in [0.4, 0.5) is 4.79 Å². The fourth-order valence-corrected chi connectivity index (χ4v) is 3.71. The Bertz CT molecular complexity index is 386. The van der Waals surface area contributed by atoms with Crippen LogP contribution in [0.1, 0.15) is 52.4 Å². The monoisotopic (exact) mass is 296 g/mol. The number of hydrogen-bond donors (Lipinski definition) is 2. The number of carbonyl (C=O) groups excluding carboxylic acids is 1. The number of rotatable bonds is 3. The van der Waals surface area contributed by atoms with Gasteiger partial charge in [-0.3, -0.25) is 4.79 Å². The summed E-state index contributed by atoms with van der Waals surface area (Å²) in [5, 5.41) is 12.1. The second-order valence-electron chi connectivity index (χ2n) is 6.81. The number of carboxylic acid groups (broad SMARTS) is 1. The van der Waals surface area contributed by atoms with Crippen LogP contribution in [-0.4, -0.2) is 41.1 Å². The molecule has 1 saturated heterocycles. The van der Waals surface area contributed by atoms with Crippen molar-refractivity contribution in [2.24, 2.45) is 17.8 Å². The van der Waals surface area contributed by atoms with Gasteiger partial charge < -0.3 is 15.3 Å². The van der Waals surface area contributed by atoms with E-state index < -0.39 is 5.97 Å². The van der Waals surface area contributed by atoms with Crippen LogP contribution in [0.25, 0.3) is 0 Å². The van der Waals surface area contributed by atoms with E-state index >= 15 is 0 Å². The number of hydrogen-bond acceptors (Lipinski definition) is 2. The highest BCUT2D eigenvalue weighted by Gasteiger charge is 2.32. The predicted octanol–water partition coefficient (Wildman–Crippen LogP) is 2.71. The molecule has 5 heteroatoms. The molecule has 5 nitrogen and oxygen atoms in total. The van der Waals surface area contributed by atoms with Gasteiger partial charge in [-0.25, -0.2) is 4.79 Å². The van der Waals surface area contributed by atoms with E-state index in [-0.39, 0.29) is 18.0 Å². The zero-order valence-corrected chi connectivity index (χ0v) is 13.2. The van der Waals surface area contributed by atoms with Gasteiger partial charge in [0, 0.05) is 19.1 Å². The largest absolute Gasteiger partial charge is 0.481 e. The molecule has 0 aromatic rings. The fourth-order valence-electron chi connectivity index (χ4n) is 3.71. The molecule has 2 N–H and O–H groups in total. The molecular weight excluding hydrogens is 268 g/mol. The summed E-state index contributed by atoms with van der Waals surface area (Å²) in [6.07, 6.45) is 6.17. The van der Waals surface area contributed by atoms with Crippen LogP contribution in [0.3, 0.4) is 0 Å². The molecule has 1 saturated carbocycles. The van der Waals surface area contributed by atoms with Gasteiger partial charge in [0.15, 0.2) is 0 Å². The summed E-state index contributed by atoms with van der Waals surface area (Å²) < 4.78 is 0. The van der Waals surface area contributed by atoms with Crippen LogP contribution in [0.5, 0.6) is 0 Å². The summed E-state index contributed by atoms with van der Waals surface area (Å²) >= 11 is 0. The topological polar surface area (TPSA) is 69.6 Å². The molecule has 120 valence electrons. The average molecular weight is 296 g/mol. The Kier molecular flexibility index (Phi) is 5.48. The molecule has 0 spiro atoms. The number of urea groups is 1. The van der Waals surface area contributed by atoms with Crippen molar-refractivity contribution in [3.63, 3.8) is 0 Å². The summed E-state index contributed by atoms with van der Waals surface area (Å²) in [6.45, 7) is 5.52. The maximum atomic E-state index is 12.3. The summed E-state index contributed by atoms with van der Waals surface area (Å²) in [5.74, 6) is 0.240. The number of nitrogens with zero attached hydrogens (tertiary/aromatic N) is 1. The van der Waals surface area contributed by atoms with Crippen molar-refractivity contribution >= 4 is 12.0 Å². The molecule has 1 aliphatic heterocycles. The van der Waals surface area contributed by atoms with Gasteiger partial charge in [0.25, 0.3) is 0 Å². The van der Waals surface area contributed by atoms with E-state index in [1.807, 2.05) is 6.92 Å². The van der Waals surface area contributed by atoms with E-state index in [0.717, 1.165) is 6.54 Å². The molecule has 1 heterocycles. The Hall–Kier alpha value is -1.26. The van der Waals surface area contributed by atoms with Gasteiger partial charge in [0.1, 0.15) is 0 Å². The van der Waals surface area contributed by atoms with Crippen molar-refractivity contribution in [2.45, 2.75) is 58.4 Å². The minimum absolute atomic E-state index is 0.00336. The maximum Gasteiger partial charge on any atom is 0.317 e. The molecule has 0 aromatic heterocycles. The summed E-state index contributed by atoms with van der Waals surface area (Å²) in [5.41, 5.74) is 0. The van der Waals surface area contributed by atoms with E-state index in [1.165, 1.54) is 25.7 Å². The molecule has 2 fully saturated rings. The molecule has 4 unspecified atom stereocenters. The van der Waals surface area contributed by atoms with Crippen molar-refractivity contribution in [3.05, 3.63) is 0 Å². The Morgan fingerprint density at radius 2 is 1.90 bits per heavy atom. The molecule has 0 bridgehead atoms. The van der Waals surface area contributed by atoms with Gasteiger partial charge in [0.05, 0.1) is 5.92 Å². The van der Waals surface area contributed by atoms with Crippen LogP contribution in [0.15, 0.2) is 0 Å². The minimum atomic E-state index is -0.738. The molecule has 2 rings (SSSR count). The molecule has 0 radical (unpaired) electrons. The van der Waals surface area contributed by atoms with Gasteiger partial charge >= 0.3 is 12.0 Å². The highest BCUT2D eigenvalue weighted by Crippen LogP contribution is 2.29. The number of nitrogens with one attached hydrogen (secondary N) is 1. The smallest absolute Gasteiger partial charge is 0.317 e. The lowest BCUT2D eigenvalue weighted by atomic mass is 9.80. The van der Waals surface area contributed by atoms with E-state index in [0.29, 0.717) is 31.2 Å². The van der Waals surface area contributed by atoms with E-state index in [2.05, 4.69) is 12.2 Å². The SMILES string of the molecule is CC1CCCCC1CNC(=O)N1CCC(C(=O)O)CC1C. The number of piperidine rings is 1. The van der Waals surface area contributed by atoms with Crippen LogP contribution < -0.4 is 5.32 Å². The Balaban J connectivity index is 1.79. The highest BCUT2D eigenvalue weighted by atomic mass is 16.4. The highest BCUT2D eigenvalue weighted by molar-refractivity contribution is 5.75. The minimum Gasteiger partial charge on any atom is -0.481 e. The van der Waals surface area contributed by atoms with Gasteiger partial charge in [-0.1, -0.05) is 26.2 Å². The quantitative estimate of drug-likeness (QED) is 0.841. The third kappa shape index (κ3) is 4.11. The Labute approximate surface area is 127 Å². The van der Waals surface area contributed by atoms with Crippen molar-refractivity contribution in [1.82, 2.24) is 10.2 Å². The second-order valence-corrected chi connectivity index (χ2v) is 6.81. The first-order valence-corrected chi connectivity index (χ1v) is 8.26. The maximum absolute atomic E-state index is 12.3. The molecule has 2 amide bonds. The Morgan fingerprint density at radius 3 is 2.52 bits per heavy atom. The summed E-state index contributed by atoms with van der Waals surface area (Å²) in [6, 6.07) is -0.0206. The molecule has 4 atom stereocenters. The number of amides is 2. The van der Waals surface area contributed by atoms with Crippen molar-refractivity contribution in [1.29, 1.82) is 0 Å². The summed E-state index contributed by atoms with van der Waals surface area (Å²) in [7, 11) is 0. The van der Waals surface area contributed by atoms with Crippen molar-refractivity contribution < 1.29 is 14.7 Å². The molecule has 0 aromatic carbocycles. The van der Waals surface area contributed by atoms with Crippen LogP contribution >= 0.6 is 0 Å². The second kappa shape index (κ2) is 7.14. The lowest BCUT2D eigenvalue weighted by Crippen LogP contribution is -2.51. The fraction of sp³-hybridized carbons (Fsp3) is 0.875. The molecular formula is C16H28N2O3. The number of likely N-dealkylation sites (tertiary alicyclic amines) is 1. The average Bonchev–Trinajstić information content (AvgIpc) is 2.46. The third-order valence-corrected chi connectivity index (χ3v) is 5.29. The first-order valence-electron chi connectivity index (χ1n) is 8.26. The zero-order valence-electron chi connectivity index (χ0n) is 13.2. The van der Waals surface area contributed by atoms with Crippen LogP contribution in [-0.2, 0) is 4.79 Å². The van der Waals surface area contributed by atoms with Crippen molar-refractivity contribution in [2.75, 3.05) is 13.1 Å². The van der Waals surface area contributed by atoms with E-state index in [4.69, 9.17) is 5.11 Å². The van der Waals surface area contributed by atoms with Crippen molar-refractivity contribution in [3.8, 4) is 0 Å². The lowest BCUT2D eigenvalue weighted by Gasteiger charge is -2.37. The number of carbonyl (C=O) groups is 2. The molecule has 1 aliphatic carbocycles. The lowest BCUT2D eigenvalue weighted by molar-refractivity contribution is -0.143. The normalized spacial score (nSPS) is 33.5. The van der Waals surface area contributed by atoms with Gasteiger partial charge in [-0.2, -0.15) is 0 Å². The van der Waals surface area contributed by atoms with Gasteiger partial charge in [0.2, 0.25) is 0 Å².